The van der Waals surface area contributed by atoms with Crippen molar-refractivity contribution >= 4 is 17.3 Å². The highest BCUT2D eigenvalue weighted by atomic mass is 16.5. The number of carbonyl (C=O) groups excluding carboxylic acids is 1. The third kappa shape index (κ3) is 3.69. The van der Waals surface area contributed by atoms with E-state index in [1.807, 2.05) is 48.2 Å². The Balaban J connectivity index is 1.48. The molecule has 0 atom stereocenters. The Bertz CT molecular complexity index is 999. The molecule has 28 heavy (non-hydrogen) atoms. The highest BCUT2D eigenvalue weighted by molar-refractivity contribution is 5.92. The summed E-state index contributed by atoms with van der Waals surface area (Å²) in [5.41, 5.74) is 5.81. The van der Waals surface area contributed by atoms with Gasteiger partial charge in [-0.1, -0.05) is 30.3 Å². The molecule has 3 aromatic rings. The maximum Gasteiger partial charge on any atom is 0.272 e. The van der Waals surface area contributed by atoms with Crippen molar-refractivity contribution in [2.45, 2.75) is 19.9 Å². The van der Waals surface area contributed by atoms with Crippen molar-refractivity contribution in [3.05, 3.63) is 83.2 Å². The first-order valence-corrected chi connectivity index (χ1v) is 9.38. The topological polar surface area (TPSA) is 54.5 Å². The van der Waals surface area contributed by atoms with E-state index >= 15 is 0 Å². The molecule has 2 aromatic carbocycles. The Labute approximate surface area is 165 Å². The molecule has 0 spiro atoms. The second-order valence-electron chi connectivity index (χ2n) is 7.01. The van der Waals surface area contributed by atoms with Gasteiger partial charge in [0.2, 0.25) is 0 Å². The smallest absolute Gasteiger partial charge is 0.272 e. The number of carbonyl (C=O) groups is 1. The van der Waals surface area contributed by atoms with Crippen molar-refractivity contribution in [3.8, 4) is 5.75 Å². The predicted octanol–water partition coefficient (Wildman–Crippen LogP) is 4.34. The zero-order chi connectivity index (χ0) is 19.5. The summed E-state index contributed by atoms with van der Waals surface area (Å²) in [6, 6.07) is 17.9. The van der Waals surface area contributed by atoms with Crippen molar-refractivity contribution in [2.24, 2.45) is 0 Å². The van der Waals surface area contributed by atoms with E-state index in [0.717, 1.165) is 35.7 Å². The summed E-state index contributed by atoms with van der Waals surface area (Å²) < 4.78 is 5.40. The van der Waals surface area contributed by atoms with E-state index in [4.69, 9.17) is 4.74 Å². The van der Waals surface area contributed by atoms with Gasteiger partial charge in [-0.25, -0.2) is 4.98 Å². The van der Waals surface area contributed by atoms with Crippen molar-refractivity contribution in [3.63, 3.8) is 0 Å². The molecule has 0 bridgehead atoms. The number of fused-ring (bicyclic) bond motifs is 1. The second-order valence-corrected chi connectivity index (χ2v) is 7.01. The number of pyridine rings is 1. The van der Waals surface area contributed by atoms with Gasteiger partial charge in [0.25, 0.3) is 5.91 Å². The van der Waals surface area contributed by atoms with Crippen LogP contribution < -0.4 is 10.1 Å². The number of methoxy groups -OCH3 is 1. The standard InChI is InChI=1S/C23H23N3O2/c1-16-7-10-22(28-2)21(13-16)25-19-8-9-20(24-14-19)23(27)26-12-11-17-5-3-4-6-18(17)15-26/h3-10,13-14,25H,11-12,15H2,1-2H3. The number of ether oxygens (including phenoxy) is 1. The maximum atomic E-state index is 12.8. The summed E-state index contributed by atoms with van der Waals surface area (Å²) in [6.45, 7) is 3.39. The minimum atomic E-state index is -0.0332. The monoisotopic (exact) mass is 373 g/mol. The summed E-state index contributed by atoms with van der Waals surface area (Å²) in [5, 5.41) is 3.31. The lowest BCUT2D eigenvalue weighted by Gasteiger charge is -2.28. The average molecular weight is 373 g/mol. The van der Waals surface area contributed by atoms with Crippen LogP contribution in [-0.2, 0) is 13.0 Å². The molecule has 1 aromatic heterocycles. The van der Waals surface area contributed by atoms with Crippen molar-refractivity contribution in [1.82, 2.24) is 9.88 Å². The SMILES string of the molecule is COc1ccc(C)cc1Nc1ccc(C(=O)N2CCc3ccccc3C2)nc1. The lowest BCUT2D eigenvalue weighted by molar-refractivity contribution is 0.0729. The van der Waals surface area contributed by atoms with Crippen molar-refractivity contribution < 1.29 is 9.53 Å². The van der Waals surface area contributed by atoms with Crippen LogP contribution in [0.15, 0.2) is 60.8 Å². The molecule has 0 saturated carbocycles. The van der Waals surface area contributed by atoms with Crippen molar-refractivity contribution in [1.29, 1.82) is 0 Å². The Morgan fingerprint density at radius 2 is 1.93 bits per heavy atom. The van der Waals surface area contributed by atoms with Gasteiger partial charge in [0.1, 0.15) is 11.4 Å². The van der Waals surface area contributed by atoms with Crippen LogP contribution >= 0.6 is 0 Å². The van der Waals surface area contributed by atoms with Gasteiger partial charge in [-0.2, -0.15) is 0 Å². The fourth-order valence-corrected chi connectivity index (χ4v) is 3.50. The molecule has 0 radical (unpaired) electrons. The second kappa shape index (κ2) is 7.72. The van der Waals surface area contributed by atoms with Crippen LogP contribution in [0.1, 0.15) is 27.2 Å². The number of aryl methyl sites for hydroxylation is 1. The molecule has 0 aliphatic carbocycles. The Morgan fingerprint density at radius 1 is 1.11 bits per heavy atom. The van der Waals surface area contributed by atoms with E-state index in [0.29, 0.717) is 12.2 Å². The number of hydrogen-bond acceptors (Lipinski definition) is 4. The molecule has 142 valence electrons. The van der Waals surface area contributed by atoms with Crippen LogP contribution in [0.25, 0.3) is 0 Å². The first kappa shape index (κ1) is 18.0. The number of amides is 1. The average Bonchev–Trinajstić information content (AvgIpc) is 2.73. The zero-order valence-corrected chi connectivity index (χ0v) is 16.1. The van der Waals surface area contributed by atoms with E-state index in [-0.39, 0.29) is 5.91 Å². The largest absolute Gasteiger partial charge is 0.495 e. The number of anilines is 2. The molecule has 1 N–H and O–H groups in total. The highest BCUT2D eigenvalue weighted by Gasteiger charge is 2.22. The van der Waals surface area contributed by atoms with E-state index in [9.17, 15) is 4.79 Å². The number of nitrogens with zero attached hydrogens (tertiary/aromatic N) is 2. The summed E-state index contributed by atoms with van der Waals surface area (Å²) in [7, 11) is 1.65. The molecule has 4 rings (SSSR count). The normalized spacial score (nSPS) is 13.0. The van der Waals surface area contributed by atoms with Crippen LogP contribution in [0.5, 0.6) is 5.75 Å². The van der Waals surface area contributed by atoms with Gasteiger partial charge in [-0.15, -0.1) is 0 Å². The Kier molecular flexibility index (Phi) is 4.98. The summed E-state index contributed by atoms with van der Waals surface area (Å²) >= 11 is 0. The summed E-state index contributed by atoms with van der Waals surface area (Å²) in [4.78, 5) is 19.1. The molecular formula is C23H23N3O2. The Morgan fingerprint density at radius 3 is 2.68 bits per heavy atom. The molecule has 5 heteroatoms. The van der Waals surface area contributed by atoms with Crippen LogP contribution in [0.4, 0.5) is 11.4 Å². The first-order valence-electron chi connectivity index (χ1n) is 9.38. The van der Waals surface area contributed by atoms with Crippen LogP contribution in [0.3, 0.4) is 0 Å². The van der Waals surface area contributed by atoms with Crippen LogP contribution in [-0.4, -0.2) is 29.4 Å². The fourth-order valence-electron chi connectivity index (χ4n) is 3.50. The quantitative estimate of drug-likeness (QED) is 0.739. The summed E-state index contributed by atoms with van der Waals surface area (Å²) in [5.74, 6) is 0.729. The number of benzene rings is 2. The number of nitrogens with one attached hydrogen (secondary N) is 1. The lowest BCUT2D eigenvalue weighted by Crippen LogP contribution is -2.36. The minimum absolute atomic E-state index is 0.0332. The summed E-state index contributed by atoms with van der Waals surface area (Å²) in [6.07, 6.45) is 2.57. The van der Waals surface area contributed by atoms with Gasteiger partial charge in [-0.3, -0.25) is 4.79 Å². The lowest BCUT2D eigenvalue weighted by atomic mass is 10.00. The maximum absolute atomic E-state index is 12.8. The molecule has 0 saturated heterocycles. The third-order valence-electron chi connectivity index (χ3n) is 5.03. The Hall–Kier alpha value is -3.34. The third-order valence-corrected chi connectivity index (χ3v) is 5.03. The van der Waals surface area contributed by atoms with Crippen molar-refractivity contribution in [2.75, 3.05) is 19.0 Å². The van der Waals surface area contributed by atoms with E-state index in [1.165, 1.54) is 11.1 Å². The molecule has 5 nitrogen and oxygen atoms in total. The van der Waals surface area contributed by atoms with Gasteiger partial charge in [0.15, 0.2) is 0 Å². The van der Waals surface area contributed by atoms with E-state index < -0.39 is 0 Å². The molecule has 1 amide bonds. The van der Waals surface area contributed by atoms with Gasteiger partial charge in [0, 0.05) is 13.1 Å². The predicted molar refractivity (Wildman–Crippen MR) is 110 cm³/mol. The molecule has 1 aliphatic rings. The van der Waals surface area contributed by atoms with Crippen LogP contribution in [0, 0.1) is 6.92 Å². The fraction of sp³-hybridized carbons (Fsp3) is 0.217. The van der Waals surface area contributed by atoms with Gasteiger partial charge in [-0.05, 0) is 54.3 Å². The van der Waals surface area contributed by atoms with E-state index in [2.05, 4.69) is 22.4 Å². The molecule has 0 unspecified atom stereocenters. The van der Waals surface area contributed by atoms with Crippen LogP contribution in [0.2, 0.25) is 0 Å². The van der Waals surface area contributed by atoms with Gasteiger partial charge >= 0.3 is 0 Å². The highest BCUT2D eigenvalue weighted by Crippen LogP contribution is 2.28. The number of aromatic nitrogens is 1. The number of rotatable bonds is 4. The molecular weight excluding hydrogens is 350 g/mol. The van der Waals surface area contributed by atoms with Gasteiger partial charge < -0.3 is 15.0 Å². The zero-order valence-electron chi connectivity index (χ0n) is 16.1. The first-order chi connectivity index (χ1) is 13.6. The van der Waals surface area contributed by atoms with Gasteiger partial charge in [0.05, 0.1) is 24.7 Å². The molecule has 2 heterocycles. The minimum Gasteiger partial charge on any atom is -0.495 e. The van der Waals surface area contributed by atoms with E-state index in [1.54, 1.807) is 19.4 Å². The molecule has 1 aliphatic heterocycles. The molecule has 0 fully saturated rings. The number of hydrogen-bond donors (Lipinski definition) is 1.